The standard InChI is InChI=1S/C32H53N11O4S/c1-20(2)38-23(14-10-16-37-31(35)36)28(45)41-26(18-22-19-42(3)32(48)43(22)4)30(47)39-24(13-8-9-15-33)29(46)40-25(27(34)44)17-21-11-6-5-7-12-21/h5-7,11-12,19-20,23-26,38H,8-10,13-18,33H2,1-4H3,(H2,34,44)(H,39,47)(H,40,46)(H,41,45)(H4,35,36,37). The number of imidazole rings is 1. The number of carbonyl (C=O) groups excluding carboxylic acids is 4. The molecule has 1 aromatic heterocycles. The van der Waals surface area contributed by atoms with Gasteiger partial charge in [-0.1, -0.05) is 44.2 Å². The highest BCUT2D eigenvalue weighted by Gasteiger charge is 2.31. The molecule has 0 bridgehead atoms. The van der Waals surface area contributed by atoms with Gasteiger partial charge < -0.3 is 52.9 Å². The maximum absolute atomic E-state index is 14.0. The van der Waals surface area contributed by atoms with Crippen LogP contribution in [0.4, 0.5) is 0 Å². The second kappa shape index (κ2) is 20.2. The summed E-state index contributed by atoms with van der Waals surface area (Å²) in [4.78, 5) is 53.6. The Labute approximate surface area is 287 Å². The van der Waals surface area contributed by atoms with Crippen LogP contribution in [0.2, 0.25) is 0 Å². The van der Waals surface area contributed by atoms with E-state index in [2.05, 4.69) is 26.6 Å². The van der Waals surface area contributed by atoms with E-state index < -0.39 is 47.8 Å². The summed E-state index contributed by atoms with van der Waals surface area (Å²) in [6.45, 7) is 4.63. The van der Waals surface area contributed by atoms with Crippen molar-refractivity contribution in [1.29, 1.82) is 5.41 Å². The number of hydrogen-bond acceptors (Lipinski definition) is 8. The molecule has 15 nitrogen and oxygen atoms in total. The number of benzene rings is 1. The maximum atomic E-state index is 14.0. The number of nitrogens with zero attached hydrogens (tertiary/aromatic N) is 2. The van der Waals surface area contributed by atoms with Gasteiger partial charge in [0.05, 0.1) is 6.04 Å². The van der Waals surface area contributed by atoms with Crippen molar-refractivity contribution in [3.8, 4) is 0 Å². The zero-order valence-corrected chi connectivity index (χ0v) is 29.2. The molecule has 0 aliphatic rings. The summed E-state index contributed by atoms with van der Waals surface area (Å²) in [6.07, 6.45) is 4.42. The minimum Gasteiger partial charge on any atom is -0.370 e. The van der Waals surface area contributed by atoms with Gasteiger partial charge in [0, 0.05) is 51.4 Å². The number of unbranched alkanes of at least 4 members (excludes halogenated alkanes) is 1. The van der Waals surface area contributed by atoms with Crippen LogP contribution in [-0.4, -0.2) is 82.0 Å². The summed E-state index contributed by atoms with van der Waals surface area (Å²) in [5.41, 5.74) is 18.2. The number of hydrogen-bond donors (Lipinski definition) is 9. The van der Waals surface area contributed by atoms with Crippen LogP contribution in [0.1, 0.15) is 57.2 Å². The molecule has 4 amide bonds. The molecule has 0 fully saturated rings. The Morgan fingerprint density at radius 3 is 1.98 bits per heavy atom. The number of primary amides is 1. The number of nitrogens with two attached hydrogens (primary N) is 3. The van der Waals surface area contributed by atoms with Gasteiger partial charge in [-0.15, -0.1) is 0 Å². The lowest BCUT2D eigenvalue weighted by molar-refractivity contribution is -0.133. The van der Waals surface area contributed by atoms with Crippen LogP contribution >= 0.6 is 12.2 Å². The number of amides is 4. The molecule has 0 saturated heterocycles. The summed E-state index contributed by atoms with van der Waals surface area (Å²) in [6, 6.07) is 5.37. The fourth-order valence-corrected chi connectivity index (χ4v) is 5.38. The van der Waals surface area contributed by atoms with Gasteiger partial charge in [0.1, 0.15) is 18.1 Å². The number of aromatic nitrogens is 2. The lowest BCUT2D eigenvalue weighted by Crippen LogP contribution is -2.58. The molecular formula is C32H53N11O4S. The Kier molecular flexibility index (Phi) is 16.8. The molecule has 16 heteroatoms. The van der Waals surface area contributed by atoms with Gasteiger partial charge in [0.2, 0.25) is 23.6 Å². The average molecular weight is 688 g/mol. The van der Waals surface area contributed by atoms with Crippen molar-refractivity contribution in [3.05, 3.63) is 52.6 Å². The van der Waals surface area contributed by atoms with E-state index in [1.54, 1.807) is 29.4 Å². The fourth-order valence-electron chi connectivity index (χ4n) is 5.21. The largest absolute Gasteiger partial charge is 0.370 e. The number of guanidine groups is 1. The Morgan fingerprint density at radius 1 is 0.833 bits per heavy atom. The Bertz CT molecular complexity index is 1430. The van der Waals surface area contributed by atoms with E-state index in [1.807, 2.05) is 44.2 Å². The molecule has 0 aliphatic heterocycles. The van der Waals surface area contributed by atoms with Crippen LogP contribution in [0.5, 0.6) is 0 Å². The highest BCUT2D eigenvalue weighted by molar-refractivity contribution is 7.71. The second-order valence-electron chi connectivity index (χ2n) is 12.2. The van der Waals surface area contributed by atoms with Crippen molar-refractivity contribution in [2.75, 3.05) is 13.1 Å². The molecule has 2 aromatic rings. The lowest BCUT2D eigenvalue weighted by Gasteiger charge is -2.27. The molecule has 4 unspecified atom stereocenters. The molecule has 266 valence electrons. The van der Waals surface area contributed by atoms with E-state index in [0.29, 0.717) is 49.2 Å². The summed E-state index contributed by atoms with van der Waals surface area (Å²) in [5, 5.41) is 21.8. The van der Waals surface area contributed by atoms with Crippen LogP contribution in [0.3, 0.4) is 0 Å². The Balaban J connectivity index is 2.34. The third-order valence-corrected chi connectivity index (χ3v) is 8.33. The molecule has 1 aromatic carbocycles. The molecule has 0 saturated carbocycles. The van der Waals surface area contributed by atoms with Crippen LogP contribution in [0.25, 0.3) is 0 Å². The Morgan fingerprint density at radius 2 is 1.42 bits per heavy atom. The van der Waals surface area contributed by atoms with Crippen molar-refractivity contribution in [2.45, 2.75) is 89.0 Å². The smallest absolute Gasteiger partial charge is 0.243 e. The van der Waals surface area contributed by atoms with E-state index in [1.165, 1.54) is 0 Å². The van der Waals surface area contributed by atoms with E-state index in [0.717, 1.165) is 5.56 Å². The first-order valence-electron chi connectivity index (χ1n) is 16.2. The average Bonchev–Trinajstić information content (AvgIpc) is 3.27. The van der Waals surface area contributed by atoms with Gasteiger partial charge >= 0.3 is 0 Å². The van der Waals surface area contributed by atoms with Gasteiger partial charge in [-0.05, 0) is 56.4 Å². The van der Waals surface area contributed by atoms with Gasteiger partial charge in [-0.25, -0.2) is 0 Å². The van der Waals surface area contributed by atoms with Gasteiger partial charge in [0.15, 0.2) is 10.7 Å². The molecular weight excluding hydrogens is 634 g/mol. The first-order valence-corrected chi connectivity index (χ1v) is 16.6. The molecule has 0 radical (unpaired) electrons. The van der Waals surface area contributed by atoms with Crippen LogP contribution in [-0.2, 0) is 46.1 Å². The summed E-state index contributed by atoms with van der Waals surface area (Å²) in [7, 11) is 3.57. The molecule has 0 spiro atoms. The molecule has 4 atom stereocenters. The first-order chi connectivity index (χ1) is 22.7. The highest BCUT2D eigenvalue weighted by Crippen LogP contribution is 2.10. The third kappa shape index (κ3) is 13.4. The number of rotatable bonds is 21. The molecule has 12 N–H and O–H groups in total. The fraction of sp³-hybridized carbons (Fsp3) is 0.562. The first kappa shape index (κ1) is 39.9. The topological polar surface area (TPSA) is 240 Å². The second-order valence-corrected chi connectivity index (χ2v) is 12.6. The SMILES string of the molecule is CC(C)NC(CCCNC(=N)N)C(=O)NC(Cc1cn(C)c(=S)n1C)C(=O)NC(CCCCN)C(=O)NC(Cc1ccccc1)C(N)=O. The monoisotopic (exact) mass is 687 g/mol. The third-order valence-electron chi connectivity index (χ3n) is 7.77. The van der Waals surface area contributed by atoms with Crippen molar-refractivity contribution >= 4 is 41.8 Å². The molecule has 0 aliphatic carbocycles. The van der Waals surface area contributed by atoms with Crippen LogP contribution in [0, 0.1) is 10.2 Å². The predicted octanol–water partition coefficient (Wildman–Crippen LogP) is -0.423. The van der Waals surface area contributed by atoms with Gasteiger partial charge in [-0.2, -0.15) is 0 Å². The van der Waals surface area contributed by atoms with Crippen LogP contribution < -0.4 is 43.8 Å². The van der Waals surface area contributed by atoms with Crippen molar-refractivity contribution in [3.63, 3.8) is 0 Å². The minimum atomic E-state index is -1.08. The normalized spacial score (nSPS) is 13.6. The van der Waals surface area contributed by atoms with E-state index in [9.17, 15) is 19.2 Å². The van der Waals surface area contributed by atoms with Crippen LogP contribution in [0.15, 0.2) is 36.5 Å². The zero-order chi connectivity index (χ0) is 35.8. The summed E-state index contributed by atoms with van der Waals surface area (Å²) in [5.74, 6) is -2.41. The van der Waals surface area contributed by atoms with E-state index >= 15 is 0 Å². The van der Waals surface area contributed by atoms with Gasteiger partial charge in [-0.3, -0.25) is 24.6 Å². The maximum Gasteiger partial charge on any atom is 0.243 e. The van der Waals surface area contributed by atoms with Crippen molar-refractivity contribution in [1.82, 2.24) is 35.7 Å². The van der Waals surface area contributed by atoms with Crippen molar-refractivity contribution < 1.29 is 19.2 Å². The summed E-state index contributed by atoms with van der Waals surface area (Å²) >= 11 is 5.46. The summed E-state index contributed by atoms with van der Waals surface area (Å²) < 4.78 is 4.03. The minimum absolute atomic E-state index is 0.0341. The molecule has 2 rings (SSSR count). The lowest BCUT2D eigenvalue weighted by atomic mass is 10.0. The predicted molar refractivity (Wildman–Crippen MR) is 188 cm³/mol. The van der Waals surface area contributed by atoms with Gasteiger partial charge in [0.25, 0.3) is 0 Å². The molecule has 48 heavy (non-hydrogen) atoms. The molecule has 1 heterocycles. The van der Waals surface area contributed by atoms with E-state index in [4.69, 9.17) is 34.8 Å². The highest BCUT2D eigenvalue weighted by atomic mass is 32.1. The van der Waals surface area contributed by atoms with Crippen molar-refractivity contribution in [2.24, 2.45) is 31.3 Å². The van der Waals surface area contributed by atoms with E-state index in [-0.39, 0.29) is 31.3 Å². The number of aryl methyl sites for hydroxylation is 1. The number of nitrogens with one attached hydrogen (secondary N) is 6. The quantitative estimate of drug-likeness (QED) is 0.0358. The Hall–Kier alpha value is -4.28. The zero-order valence-electron chi connectivity index (χ0n) is 28.4. The number of carbonyl (C=O) groups is 4.